The van der Waals surface area contributed by atoms with Crippen LogP contribution in [0.15, 0.2) is 60.7 Å². The van der Waals surface area contributed by atoms with Crippen LogP contribution in [-0.2, 0) is 40.9 Å². The molecule has 7 nitrogen and oxygen atoms in total. The molecule has 158 valence electrons. The quantitative estimate of drug-likeness (QED) is 0.453. The Labute approximate surface area is 171 Å². The highest BCUT2D eigenvalue weighted by Gasteiger charge is 2.36. The van der Waals surface area contributed by atoms with Crippen molar-refractivity contribution in [3.8, 4) is 0 Å². The molecule has 2 aromatic carbocycles. The van der Waals surface area contributed by atoms with Crippen LogP contribution in [0.5, 0.6) is 0 Å². The van der Waals surface area contributed by atoms with Gasteiger partial charge in [0, 0.05) is 6.54 Å². The van der Waals surface area contributed by atoms with Crippen molar-refractivity contribution in [3.63, 3.8) is 0 Å². The molecule has 2 N–H and O–H groups in total. The summed E-state index contributed by atoms with van der Waals surface area (Å²) < 4.78 is 35.0. The van der Waals surface area contributed by atoms with E-state index in [4.69, 9.17) is 24.0 Å². The van der Waals surface area contributed by atoms with E-state index in [1.165, 1.54) is 0 Å². The molecule has 29 heavy (non-hydrogen) atoms. The molecule has 0 heterocycles. The largest absolute Gasteiger partial charge is 0.476 e. The standard InChI is InChI=1S/C21H28NO6P/c1-21(2,3)27-20(23)19(14-22)28-29(24,25-15-17-10-6-4-7-11-17)26-16-18-12-8-5-9-13-18/h4-13,19H,14-16,22H2,1-3H3. The molecule has 0 aromatic heterocycles. The molecule has 0 saturated heterocycles. The van der Waals surface area contributed by atoms with Crippen molar-refractivity contribution < 1.29 is 27.7 Å². The van der Waals surface area contributed by atoms with Gasteiger partial charge in [-0.15, -0.1) is 0 Å². The number of phosphoric ester groups is 1. The van der Waals surface area contributed by atoms with E-state index in [-0.39, 0.29) is 19.8 Å². The van der Waals surface area contributed by atoms with Crippen molar-refractivity contribution in [3.05, 3.63) is 71.8 Å². The molecule has 1 atom stereocenters. The van der Waals surface area contributed by atoms with Gasteiger partial charge in [-0.1, -0.05) is 60.7 Å². The van der Waals surface area contributed by atoms with E-state index < -0.39 is 25.5 Å². The highest BCUT2D eigenvalue weighted by molar-refractivity contribution is 7.48. The molecule has 0 fully saturated rings. The van der Waals surface area contributed by atoms with Crippen molar-refractivity contribution >= 4 is 13.8 Å². The number of phosphoric acid groups is 1. The summed E-state index contributed by atoms with van der Waals surface area (Å²) in [5.41, 5.74) is 6.47. The zero-order valence-electron chi connectivity index (χ0n) is 16.9. The van der Waals surface area contributed by atoms with Gasteiger partial charge in [0.15, 0.2) is 6.10 Å². The third-order valence-electron chi connectivity index (χ3n) is 3.60. The van der Waals surface area contributed by atoms with Gasteiger partial charge >= 0.3 is 13.8 Å². The molecule has 8 heteroatoms. The molecule has 0 saturated carbocycles. The number of hydrogen-bond donors (Lipinski definition) is 1. The van der Waals surface area contributed by atoms with Gasteiger partial charge in [0.05, 0.1) is 13.2 Å². The minimum atomic E-state index is -4.12. The Morgan fingerprint density at radius 2 is 1.38 bits per heavy atom. The van der Waals surface area contributed by atoms with Crippen molar-refractivity contribution in [1.82, 2.24) is 0 Å². The average Bonchev–Trinajstić information content (AvgIpc) is 2.69. The first kappa shape index (κ1) is 23.3. The van der Waals surface area contributed by atoms with E-state index in [1.54, 1.807) is 20.8 Å². The third kappa shape index (κ3) is 8.48. The molecule has 1 unspecified atom stereocenters. The lowest BCUT2D eigenvalue weighted by atomic mass is 10.2. The second-order valence-corrected chi connectivity index (χ2v) is 8.95. The smallest absolute Gasteiger partial charge is 0.458 e. The van der Waals surface area contributed by atoms with E-state index in [9.17, 15) is 9.36 Å². The molecule has 0 aliphatic heterocycles. The molecular formula is C21H28NO6P. The summed E-state index contributed by atoms with van der Waals surface area (Å²) in [4.78, 5) is 12.4. The zero-order chi connectivity index (χ0) is 21.3. The van der Waals surface area contributed by atoms with Crippen LogP contribution in [0.25, 0.3) is 0 Å². The molecule has 2 aromatic rings. The van der Waals surface area contributed by atoms with E-state index >= 15 is 0 Å². The highest BCUT2D eigenvalue weighted by Crippen LogP contribution is 2.52. The summed E-state index contributed by atoms with van der Waals surface area (Å²) in [5.74, 6) is -0.730. The minimum absolute atomic E-state index is 0.0154. The molecule has 0 amide bonds. The van der Waals surface area contributed by atoms with Crippen LogP contribution in [0.3, 0.4) is 0 Å². The molecular weight excluding hydrogens is 393 g/mol. The average molecular weight is 421 g/mol. The summed E-state index contributed by atoms with van der Waals surface area (Å²) in [7, 11) is -4.12. The number of nitrogens with two attached hydrogens (primary N) is 1. The molecule has 0 spiro atoms. The van der Waals surface area contributed by atoms with Gasteiger partial charge in [0.25, 0.3) is 0 Å². The van der Waals surface area contributed by atoms with Gasteiger partial charge in [-0.25, -0.2) is 9.36 Å². The Bertz CT molecular complexity index is 759. The van der Waals surface area contributed by atoms with Gasteiger partial charge in [-0.05, 0) is 31.9 Å². The second kappa shape index (κ2) is 10.7. The van der Waals surface area contributed by atoms with Gasteiger partial charge < -0.3 is 10.5 Å². The maximum absolute atomic E-state index is 13.3. The van der Waals surface area contributed by atoms with E-state index in [0.29, 0.717) is 0 Å². The number of rotatable bonds is 10. The SMILES string of the molecule is CC(C)(C)OC(=O)C(CN)OP(=O)(OCc1ccccc1)OCc1ccccc1. The van der Waals surface area contributed by atoms with Crippen molar-refractivity contribution in [1.29, 1.82) is 0 Å². The van der Waals surface area contributed by atoms with Crippen LogP contribution in [0.1, 0.15) is 31.9 Å². The fourth-order valence-electron chi connectivity index (χ4n) is 2.26. The number of carbonyl (C=O) groups is 1. The predicted octanol–water partition coefficient (Wildman–Crippen LogP) is 4.21. The number of benzene rings is 2. The first-order valence-electron chi connectivity index (χ1n) is 9.29. The van der Waals surface area contributed by atoms with Crippen LogP contribution in [0.4, 0.5) is 0 Å². The predicted molar refractivity (Wildman–Crippen MR) is 110 cm³/mol. The van der Waals surface area contributed by atoms with Crippen LogP contribution in [0, 0.1) is 0 Å². The van der Waals surface area contributed by atoms with E-state index in [0.717, 1.165) is 11.1 Å². The van der Waals surface area contributed by atoms with Crippen LogP contribution in [0.2, 0.25) is 0 Å². The molecule has 2 rings (SSSR count). The molecule has 0 aliphatic carbocycles. The van der Waals surface area contributed by atoms with Crippen molar-refractivity contribution in [2.75, 3.05) is 6.54 Å². The van der Waals surface area contributed by atoms with Gasteiger partial charge in [0.1, 0.15) is 5.60 Å². The highest BCUT2D eigenvalue weighted by atomic mass is 31.2. The Kier molecular flexibility index (Phi) is 8.56. The summed E-state index contributed by atoms with van der Waals surface area (Å²) in [6.45, 7) is 4.89. The Balaban J connectivity index is 2.13. The normalized spacial score (nSPS) is 13.1. The molecule has 0 aliphatic rings. The number of esters is 1. The Morgan fingerprint density at radius 3 is 1.76 bits per heavy atom. The summed E-state index contributed by atoms with van der Waals surface area (Å²) in [6.07, 6.45) is -1.29. The van der Waals surface area contributed by atoms with Gasteiger partial charge in [0.2, 0.25) is 0 Å². The maximum atomic E-state index is 13.3. The summed E-state index contributed by atoms with van der Waals surface area (Å²) in [6, 6.07) is 18.3. The summed E-state index contributed by atoms with van der Waals surface area (Å²) in [5, 5.41) is 0. The lowest BCUT2D eigenvalue weighted by Gasteiger charge is -2.26. The Hall–Kier alpha value is -2.02. The monoisotopic (exact) mass is 421 g/mol. The number of carbonyl (C=O) groups excluding carboxylic acids is 1. The van der Waals surface area contributed by atoms with Crippen LogP contribution in [-0.4, -0.2) is 24.2 Å². The van der Waals surface area contributed by atoms with Crippen LogP contribution < -0.4 is 5.73 Å². The first-order valence-corrected chi connectivity index (χ1v) is 10.7. The van der Waals surface area contributed by atoms with Crippen molar-refractivity contribution in [2.24, 2.45) is 5.73 Å². The van der Waals surface area contributed by atoms with Gasteiger partial charge in [-0.2, -0.15) is 0 Å². The van der Waals surface area contributed by atoms with Gasteiger partial charge in [-0.3, -0.25) is 13.6 Å². The third-order valence-corrected chi connectivity index (χ3v) is 5.01. The van der Waals surface area contributed by atoms with Crippen molar-refractivity contribution in [2.45, 2.75) is 45.7 Å². The fraction of sp³-hybridized carbons (Fsp3) is 0.381. The molecule has 0 radical (unpaired) electrons. The molecule has 0 bridgehead atoms. The number of hydrogen-bond acceptors (Lipinski definition) is 7. The topological polar surface area (TPSA) is 97.1 Å². The Morgan fingerprint density at radius 1 is 0.931 bits per heavy atom. The van der Waals surface area contributed by atoms with E-state index in [2.05, 4.69) is 0 Å². The second-order valence-electron chi connectivity index (χ2n) is 7.33. The zero-order valence-corrected chi connectivity index (χ0v) is 17.8. The summed E-state index contributed by atoms with van der Waals surface area (Å²) >= 11 is 0. The van der Waals surface area contributed by atoms with Crippen LogP contribution >= 0.6 is 7.82 Å². The lowest BCUT2D eigenvalue weighted by molar-refractivity contribution is -0.164. The fourth-order valence-corrected chi connectivity index (χ4v) is 3.55. The first-order chi connectivity index (χ1) is 13.7. The lowest BCUT2D eigenvalue weighted by Crippen LogP contribution is -2.38. The number of ether oxygens (including phenoxy) is 1. The maximum Gasteiger partial charge on any atom is 0.476 e. The minimum Gasteiger partial charge on any atom is -0.458 e. The van der Waals surface area contributed by atoms with E-state index in [1.807, 2.05) is 60.7 Å².